The van der Waals surface area contributed by atoms with Gasteiger partial charge in [0.15, 0.2) is 17.8 Å². The lowest BCUT2D eigenvalue weighted by Crippen LogP contribution is -2.30. The van der Waals surface area contributed by atoms with Crippen LogP contribution in [-0.2, 0) is 0 Å². The van der Waals surface area contributed by atoms with Crippen LogP contribution in [0.2, 0.25) is 0 Å². The Kier molecular flexibility index (Phi) is 5.77. The van der Waals surface area contributed by atoms with E-state index in [0.717, 1.165) is 23.6 Å². The predicted molar refractivity (Wildman–Crippen MR) is 113 cm³/mol. The molecule has 2 aromatic heterocycles. The topological polar surface area (TPSA) is 92.6 Å². The third-order valence-electron chi connectivity index (χ3n) is 5.16. The predicted octanol–water partition coefficient (Wildman–Crippen LogP) is 3.64. The van der Waals surface area contributed by atoms with Crippen LogP contribution in [0.4, 0.5) is 17.5 Å². The zero-order valence-corrected chi connectivity index (χ0v) is 16.9. The number of ether oxygens (including phenoxy) is 2. The fourth-order valence-corrected chi connectivity index (χ4v) is 3.46. The lowest BCUT2D eigenvalue weighted by atomic mass is 10.1. The fourth-order valence-electron chi connectivity index (χ4n) is 3.46. The van der Waals surface area contributed by atoms with Gasteiger partial charge in [-0.2, -0.15) is 5.10 Å². The number of rotatable bonds is 7. The van der Waals surface area contributed by atoms with Crippen molar-refractivity contribution >= 4 is 17.5 Å². The molecule has 1 saturated heterocycles. The molecule has 3 heterocycles. The van der Waals surface area contributed by atoms with E-state index in [1.807, 2.05) is 24.3 Å². The molecule has 1 aromatic carbocycles. The summed E-state index contributed by atoms with van der Waals surface area (Å²) in [5.74, 6) is 2.82. The molecule has 1 atom stereocenters. The molecule has 1 aliphatic heterocycles. The lowest BCUT2D eigenvalue weighted by Gasteiger charge is -2.20. The highest BCUT2D eigenvalue weighted by molar-refractivity contribution is 5.71. The van der Waals surface area contributed by atoms with Crippen LogP contribution in [0.15, 0.2) is 36.7 Å². The molecule has 9 nitrogen and oxygen atoms in total. The molecule has 0 aliphatic carbocycles. The smallest absolute Gasteiger partial charge is 0.288 e. The van der Waals surface area contributed by atoms with E-state index in [1.165, 1.54) is 25.2 Å². The molecule has 9 heteroatoms. The summed E-state index contributed by atoms with van der Waals surface area (Å²) in [6.45, 7) is 8.73. The van der Waals surface area contributed by atoms with E-state index >= 15 is 0 Å². The molecular formula is C21H23N7O2. The van der Waals surface area contributed by atoms with Crippen LogP contribution >= 0.6 is 0 Å². The van der Waals surface area contributed by atoms with Crippen molar-refractivity contribution in [1.82, 2.24) is 25.1 Å². The Labute approximate surface area is 174 Å². The minimum absolute atomic E-state index is 0.245. The molecule has 30 heavy (non-hydrogen) atoms. The van der Waals surface area contributed by atoms with E-state index in [0.29, 0.717) is 30.0 Å². The first kappa shape index (κ1) is 19.7. The van der Waals surface area contributed by atoms with Crippen molar-refractivity contribution in [3.8, 4) is 22.8 Å². The van der Waals surface area contributed by atoms with Crippen LogP contribution in [0.1, 0.15) is 12.8 Å². The number of methoxy groups -OCH3 is 1. The molecule has 2 N–H and O–H groups in total. The number of likely N-dealkylation sites (N-methyl/N-ethyl adjacent to an activating group) is 1. The Balaban J connectivity index is 1.46. The van der Waals surface area contributed by atoms with Crippen LogP contribution in [0.3, 0.4) is 0 Å². The third kappa shape index (κ3) is 4.34. The van der Waals surface area contributed by atoms with Gasteiger partial charge < -0.3 is 24.5 Å². The number of hydrogen-bond donors (Lipinski definition) is 2. The highest BCUT2D eigenvalue weighted by atomic mass is 16.5. The van der Waals surface area contributed by atoms with E-state index in [1.54, 1.807) is 7.11 Å². The van der Waals surface area contributed by atoms with Gasteiger partial charge in [0, 0.05) is 23.7 Å². The van der Waals surface area contributed by atoms with Gasteiger partial charge in [-0.15, -0.1) is 4.98 Å². The molecule has 1 aliphatic rings. The number of nitrogens with zero attached hydrogens (tertiary/aromatic N) is 5. The average Bonchev–Trinajstić information content (AvgIpc) is 3.41. The van der Waals surface area contributed by atoms with Gasteiger partial charge >= 0.3 is 0 Å². The number of aromatic amines is 1. The lowest BCUT2D eigenvalue weighted by molar-refractivity contribution is 0.198. The highest BCUT2D eigenvalue weighted by Gasteiger charge is 2.21. The van der Waals surface area contributed by atoms with Crippen LogP contribution in [-0.4, -0.2) is 58.4 Å². The number of benzene rings is 1. The zero-order valence-electron chi connectivity index (χ0n) is 16.9. The fraction of sp³-hybridized carbons (Fsp3) is 0.333. The molecule has 0 amide bonds. The summed E-state index contributed by atoms with van der Waals surface area (Å²) in [5.41, 5.74) is 1.67. The van der Waals surface area contributed by atoms with Crippen molar-refractivity contribution in [2.75, 3.05) is 32.6 Å². The third-order valence-corrected chi connectivity index (χ3v) is 5.16. The summed E-state index contributed by atoms with van der Waals surface area (Å²) >= 11 is 0. The van der Waals surface area contributed by atoms with E-state index in [2.05, 4.69) is 42.3 Å². The maximum atomic E-state index is 6.93. The standard InChI is InChI=1S/C21H23N7O2/c1-22-20-11-24-21(12-23-20)25-19-10-17(26-27-19)16-7-6-15(9-18(16)29-3)30-13-14-5-4-8-28(14)2/h6-7,9-12,14H,4-5,8,13H2,2-3H3,(H2,24,25,26,27). The van der Waals surface area contributed by atoms with Crippen LogP contribution in [0.25, 0.3) is 16.1 Å². The Morgan fingerprint density at radius 2 is 2.17 bits per heavy atom. The molecule has 1 fully saturated rings. The van der Waals surface area contributed by atoms with Crippen molar-refractivity contribution in [2.24, 2.45) is 0 Å². The Morgan fingerprint density at radius 3 is 2.87 bits per heavy atom. The van der Waals surface area contributed by atoms with Crippen LogP contribution < -0.4 is 14.8 Å². The number of H-pyrrole nitrogens is 1. The van der Waals surface area contributed by atoms with Crippen molar-refractivity contribution in [3.05, 3.63) is 48.1 Å². The summed E-state index contributed by atoms with van der Waals surface area (Å²) in [4.78, 5) is 13.7. The second kappa shape index (κ2) is 8.80. The molecule has 0 radical (unpaired) electrons. The van der Waals surface area contributed by atoms with Crippen molar-refractivity contribution < 1.29 is 9.47 Å². The monoisotopic (exact) mass is 405 g/mol. The molecule has 4 rings (SSSR count). The molecule has 1 unspecified atom stereocenters. The van der Waals surface area contributed by atoms with Crippen molar-refractivity contribution in [2.45, 2.75) is 18.9 Å². The quantitative estimate of drug-likeness (QED) is 0.580. The zero-order chi connectivity index (χ0) is 20.9. The average molecular weight is 405 g/mol. The van der Waals surface area contributed by atoms with Gasteiger partial charge in [-0.3, -0.25) is 5.10 Å². The summed E-state index contributed by atoms with van der Waals surface area (Å²) in [7, 11) is 3.77. The van der Waals surface area contributed by atoms with E-state index in [9.17, 15) is 0 Å². The van der Waals surface area contributed by atoms with E-state index in [4.69, 9.17) is 16.0 Å². The molecule has 0 bridgehead atoms. The minimum Gasteiger partial charge on any atom is -0.496 e. The van der Waals surface area contributed by atoms with Gasteiger partial charge in [0.2, 0.25) is 0 Å². The van der Waals surface area contributed by atoms with Gasteiger partial charge in [-0.25, -0.2) is 4.98 Å². The maximum Gasteiger partial charge on any atom is 0.288 e. The number of aromatic nitrogens is 4. The van der Waals surface area contributed by atoms with Crippen molar-refractivity contribution in [3.63, 3.8) is 0 Å². The van der Waals surface area contributed by atoms with Gasteiger partial charge in [0.05, 0.1) is 19.0 Å². The second-order valence-electron chi connectivity index (χ2n) is 7.11. The van der Waals surface area contributed by atoms with E-state index < -0.39 is 0 Å². The largest absolute Gasteiger partial charge is 0.496 e. The first-order valence-electron chi connectivity index (χ1n) is 9.69. The first-order chi connectivity index (χ1) is 14.7. The molecule has 154 valence electrons. The summed E-state index contributed by atoms with van der Waals surface area (Å²) in [5, 5.41) is 10.3. The molecule has 3 aromatic rings. The molecule has 0 spiro atoms. The Morgan fingerprint density at radius 1 is 1.27 bits per heavy atom. The van der Waals surface area contributed by atoms with Crippen LogP contribution in [0.5, 0.6) is 11.5 Å². The number of likely N-dealkylation sites (tertiary alicyclic amines) is 1. The molecular weight excluding hydrogens is 382 g/mol. The number of anilines is 2. The number of hydrogen-bond acceptors (Lipinski definition) is 7. The van der Waals surface area contributed by atoms with Gasteiger partial charge in [-0.1, -0.05) is 6.57 Å². The summed E-state index contributed by atoms with van der Waals surface area (Å²) < 4.78 is 11.6. The summed E-state index contributed by atoms with van der Waals surface area (Å²) in [6.07, 6.45) is 5.29. The van der Waals surface area contributed by atoms with Crippen LogP contribution in [0, 0.1) is 6.57 Å². The van der Waals surface area contributed by atoms with Gasteiger partial charge in [0.1, 0.15) is 18.1 Å². The number of nitrogens with one attached hydrogen (secondary N) is 2. The Hall–Kier alpha value is -3.64. The van der Waals surface area contributed by atoms with Gasteiger partial charge in [-0.05, 0) is 38.6 Å². The minimum atomic E-state index is 0.245. The first-order valence-corrected chi connectivity index (χ1v) is 9.69. The van der Waals surface area contributed by atoms with Gasteiger partial charge in [0.25, 0.3) is 5.82 Å². The van der Waals surface area contributed by atoms with Crippen molar-refractivity contribution in [1.29, 1.82) is 0 Å². The SMILES string of the molecule is [C-]#[N+]c1cnc(Nc2cc(-c3ccc(OCC4CCCN4C)cc3OC)[nH]n2)cn1. The highest BCUT2D eigenvalue weighted by Crippen LogP contribution is 2.33. The second-order valence-corrected chi connectivity index (χ2v) is 7.11. The normalized spacial score (nSPS) is 16.2. The maximum absolute atomic E-state index is 6.93. The Bertz CT molecular complexity index is 1040. The molecule has 0 saturated carbocycles. The van der Waals surface area contributed by atoms with E-state index in [-0.39, 0.29) is 5.82 Å². The summed E-state index contributed by atoms with van der Waals surface area (Å²) in [6, 6.07) is 8.11.